The SMILES string of the molecule is CC1=CC(C)=C(CCC(=O)c2cc(-c3ccc(N4CCN(CCC(=O)CCCCCCCCCc5cccc6c5C(=O)N(C5CCC(=O)NC5=O)C6=O)CC4)nc3)cc(NC(C)C)c2C=N)C(=O)C1. The second-order valence-corrected chi connectivity index (χ2v) is 19.4. The first-order valence-corrected chi connectivity index (χ1v) is 24.9. The Kier molecular flexibility index (Phi) is 17.0. The number of anilines is 2. The van der Waals surface area contributed by atoms with E-state index in [2.05, 4.69) is 20.4 Å². The Morgan fingerprint density at radius 3 is 2.28 bits per heavy atom. The molecule has 0 spiro atoms. The van der Waals surface area contributed by atoms with Gasteiger partial charge in [0, 0.05) is 106 Å². The summed E-state index contributed by atoms with van der Waals surface area (Å²) in [6.45, 7) is 12.0. The monoisotopic (exact) mass is 938 g/mol. The van der Waals surface area contributed by atoms with Gasteiger partial charge in [-0.1, -0.05) is 55.9 Å². The zero-order valence-electron chi connectivity index (χ0n) is 40.7. The summed E-state index contributed by atoms with van der Waals surface area (Å²) in [4.78, 5) is 100. The van der Waals surface area contributed by atoms with Crippen molar-refractivity contribution < 1.29 is 33.6 Å². The van der Waals surface area contributed by atoms with Crippen molar-refractivity contribution >= 4 is 58.7 Å². The van der Waals surface area contributed by atoms with Crippen molar-refractivity contribution in [3.8, 4) is 11.1 Å². The maximum Gasteiger partial charge on any atom is 0.262 e. The fourth-order valence-electron chi connectivity index (χ4n) is 10.1. The van der Waals surface area contributed by atoms with E-state index in [9.17, 15) is 33.6 Å². The van der Waals surface area contributed by atoms with Gasteiger partial charge in [-0.25, -0.2) is 4.98 Å². The Morgan fingerprint density at radius 2 is 1.59 bits per heavy atom. The van der Waals surface area contributed by atoms with Crippen LogP contribution < -0.4 is 15.5 Å². The van der Waals surface area contributed by atoms with E-state index in [1.165, 1.54) is 6.21 Å². The summed E-state index contributed by atoms with van der Waals surface area (Å²) in [5, 5.41) is 13.9. The molecule has 3 aliphatic heterocycles. The molecule has 1 unspecified atom stereocenters. The number of aromatic nitrogens is 1. The Morgan fingerprint density at radius 1 is 0.855 bits per heavy atom. The highest BCUT2D eigenvalue weighted by molar-refractivity contribution is 6.24. The molecule has 14 nitrogen and oxygen atoms in total. The molecule has 7 rings (SSSR count). The van der Waals surface area contributed by atoms with Gasteiger partial charge in [0.15, 0.2) is 11.6 Å². The van der Waals surface area contributed by atoms with Crippen LogP contribution in [0.3, 0.4) is 0 Å². The number of hydrogen-bond acceptors (Lipinski definition) is 12. The van der Waals surface area contributed by atoms with Crippen LogP contribution >= 0.6 is 0 Å². The fraction of sp³-hybridized carbons (Fsp3) is 0.473. The lowest BCUT2D eigenvalue weighted by molar-refractivity contribution is -0.136. The molecule has 0 radical (unpaired) electrons. The zero-order valence-corrected chi connectivity index (χ0v) is 40.7. The molecule has 69 heavy (non-hydrogen) atoms. The minimum atomic E-state index is -0.967. The molecule has 0 bridgehead atoms. The Hall–Kier alpha value is -6.41. The van der Waals surface area contributed by atoms with Crippen molar-refractivity contribution in [2.75, 3.05) is 42.9 Å². The summed E-state index contributed by atoms with van der Waals surface area (Å²) in [7, 11) is 0. The third-order valence-electron chi connectivity index (χ3n) is 13.8. The van der Waals surface area contributed by atoms with Gasteiger partial charge in [0.25, 0.3) is 11.8 Å². The third-order valence-corrected chi connectivity index (χ3v) is 13.8. The summed E-state index contributed by atoms with van der Waals surface area (Å²) in [6, 6.07) is 12.3. The fourth-order valence-corrected chi connectivity index (χ4v) is 10.1. The number of unbranched alkanes of at least 4 members (excludes halogenated alkanes) is 6. The Balaban J connectivity index is 0.797. The topological polar surface area (TPSA) is 190 Å². The second kappa shape index (κ2) is 23.3. The molecule has 14 heteroatoms. The predicted octanol–water partition coefficient (Wildman–Crippen LogP) is 8.61. The van der Waals surface area contributed by atoms with Crippen molar-refractivity contribution in [3.05, 3.63) is 99.3 Å². The summed E-state index contributed by atoms with van der Waals surface area (Å²) in [6.07, 6.45) is 15.0. The smallest absolute Gasteiger partial charge is 0.262 e. The lowest BCUT2D eigenvalue weighted by Gasteiger charge is -2.35. The molecule has 4 aliphatic rings. The number of carbonyl (C=O) groups is 7. The minimum absolute atomic E-state index is 0.0736. The van der Waals surface area contributed by atoms with Crippen LogP contribution in [0.15, 0.2) is 71.5 Å². The van der Waals surface area contributed by atoms with Gasteiger partial charge >= 0.3 is 0 Å². The number of rotatable bonds is 23. The number of benzene rings is 2. The van der Waals surface area contributed by atoms with E-state index >= 15 is 0 Å². The van der Waals surface area contributed by atoms with Crippen LogP contribution in [-0.2, 0) is 25.6 Å². The number of piperazine rings is 1. The molecule has 364 valence electrons. The minimum Gasteiger partial charge on any atom is -0.382 e. The zero-order chi connectivity index (χ0) is 49.2. The third kappa shape index (κ3) is 12.4. The average Bonchev–Trinajstić information content (AvgIpc) is 3.58. The molecule has 2 fully saturated rings. The van der Waals surface area contributed by atoms with Gasteiger partial charge in [0.05, 0.1) is 11.1 Å². The van der Waals surface area contributed by atoms with Crippen LogP contribution in [0.5, 0.6) is 0 Å². The van der Waals surface area contributed by atoms with Crippen molar-refractivity contribution in [1.29, 1.82) is 5.41 Å². The van der Waals surface area contributed by atoms with Crippen molar-refractivity contribution in [1.82, 2.24) is 20.1 Å². The molecule has 1 aromatic heterocycles. The van der Waals surface area contributed by atoms with Crippen molar-refractivity contribution in [2.24, 2.45) is 0 Å². The molecule has 2 aromatic carbocycles. The highest BCUT2D eigenvalue weighted by Gasteiger charge is 2.45. The largest absolute Gasteiger partial charge is 0.382 e. The van der Waals surface area contributed by atoms with E-state index in [1.807, 2.05) is 70.3 Å². The summed E-state index contributed by atoms with van der Waals surface area (Å²) >= 11 is 0. The van der Waals surface area contributed by atoms with Gasteiger partial charge < -0.3 is 15.6 Å². The standard InChI is InChI=1S/C55H67N7O7/c1-35(2)58-46-32-40(31-44(45(46)33-56)48(64)20-18-42-37(4)29-36(3)30-49(42)65)39-17-21-50(57-34-39)61-27-25-60(26-28-61)24-23-41(63)15-11-9-7-5-6-8-10-13-38-14-12-16-43-52(38)55(69)62(54(43)68)47-19-22-51(66)59-53(47)67/h12,14,16-17,21,29,31-35,47,56,58H,5-11,13,15,18-20,22-28,30H2,1-4H3,(H,59,66,67). The number of nitrogens with zero attached hydrogens (tertiary/aromatic N) is 4. The Bertz CT molecular complexity index is 2550. The van der Waals surface area contributed by atoms with Gasteiger partial charge in [0.2, 0.25) is 11.8 Å². The molecule has 3 N–H and O–H groups in total. The van der Waals surface area contributed by atoms with E-state index in [-0.39, 0.29) is 36.9 Å². The number of pyridine rings is 1. The lowest BCUT2D eigenvalue weighted by Crippen LogP contribution is -2.54. The summed E-state index contributed by atoms with van der Waals surface area (Å²) < 4.78 is 0. The highest BCUT2D eigenvalue weighted by atomic mass is 16.2. The van der Waals surface area contributed by atoms with Gasteiger partial charge in [-0.15, -0.1) is 0 Å². The number of imide groups is 2. The van der Waals surface area contributed by atoms with E-state index in [0.717, 1.165) is 116 Å². The van der Waals surface area contributed by atoms with Crippen LogP contribution in [0.4, 0.5) is 11.5 Å². The van der Waals surface area contributed by atoms with Gasteiger partial charge in [-0.3, -0.25) is 48.7 Å². The molecular weight excluding hydrogens is 871 g/mol. The number of Topliss-reactive ketones (excluding diaryl/α,β-unsaturated/α-hetero) is 3. The van der Waals surface area contributed by atoms with Crippen LogP contribution in [-0.4, -0.2) is 107 Å². The molecular formula is C55H67N7O7. The number of piperidine rings is 1. The van der Waals surface area contributed by atoms with Crippen LogP contribution in [0.25, 0.3) is 11.1 Å². The molecule has 2 saturated heterocycles. The average molecular weight is 938 g/mol. The molecule has 0 saturated carbocycles. The lowest BCUT2D eigenvalue weighted by atomic mass is 9.88. The van der Waals surface area contributed by atoms with Crippen molar-refractivity contribution in [3.63, 3.8) is 0 Å². The number of amides is 4. The number of hydrogen-bond donors (Lipinski definition) is 3. The van der Waals surface area contributed by atoms with E-state index < -0.39 is 29.7 Å². The molecule has 4 heterocycles. The van der Waals surface area contributed by atoms with E-state index in [4.69, 9.17) is 10.4 Å². The van der Waals surface area contributed by atoms with Crippen LogP contribution in [0.2, 0.25) is 0 Å². The number of fused-ring (bicyclic) bond motifs is 1. The van der Waals surface area contributed by atoms with Gasteiger partial charge in [-0.05, 0) is 112 Å². The first-order valence-electron chi connectivity index (χ1n) is 24.9. The number of nitrogens with one attached hydrogen (secondary N) is 3. The predicted molar refractivity (Wildman–Crippen MR) is 268 cm³/mol. The molecule has 1 aliphatic carbocycles. The Labute approximate surface area is 405 Å². The summed E-state index contributed by atoms with van der Waals surface area (Å²) in [5.74, 6) is -0.786. The number of ketones is 3. The highest BCUT2D eigenvalue weighted by Crippen LogP contribution is 2.33. The first-order chi connectivity index (χ1) is 33.2. The van der Waals surface area contributed by atoms with Crippen molar-refractivity contribution in [2.45, 2.75) is 136 Å². The van der Waals surface area contributed by atoms with E-state index in [1.54, 1.807) is 12.1 Å². The second-order valence-electron chi connectivity index (χ2n) is 19.4. The molecule has 1 atom stereocenters. The number of aryl methyl sites for hydroxylation is 1. The molecule has 3 aromatic rings. The first kappa shape index (κ1) is 50.5. The van der Waals surface area contributed by atoms with Crippen LogP contribution in [0.1, 0.15) is 160 Å². The maximum absolute atomic E-state index is 13.8. The van der Waals surface area contributed by atoms with Crippen LogP contribution in [0, 0.1) is 5.41 Å². The normalized spacial score (nSPS) is 17.7. The van der Waals surface area contributed by atoms with Gasteiger partial charge in [0.1, 0.15) is 17.6 Å². The van der Waals surface area contributed by atoms with E-state index in [0.29, 0.717) is 71.4 Å². The number of carbonyl (C=O) groups excluding carboxylic acids is 7. The van der Waals surface area contributed by atoms with Gasteiger partial charge in [-0.2, -0.15) is 0 Å². The molecule has 4 amide bonds. The summed E-state index contributed by atoms with van der Waals surface area (Å²) in [5.41, 5.74) is 7.56. The number of allylic oxidation sites excluding steroid dienone is 4. The maximum atomic E-state index is 13.8. The quantitative estimate of drug-likeness (QED) is 0.0357.